The average Bonchev–Trinajstić information content (AvgIpc) is 2.35. The third-order valence-electron chi connectivity index (χ3n) is 1.78. The summed E-state index contributed by atoms with van der Waals surface area (Å²) in [4.78, 5) is 2.69. The minimum Gasteiger partial charge on any atom is -0.272 e. The first-order chi connectivity index (χ1) is 5.75. The van der Waals surface area contributed by atoms with Crippen molar-refractivity contribution in [2.45, 2.75) is 13.3 Å². The van der Waals surface area contributed by atoms with Crippen molar-refractivity contribution in [2.75, 3.05) is 6.54 Å². The number of aromatic nitrogens is 2. The molecular weight excluding hydrogens is 154 g/mol. The average molecular weight is 165 g/mol. The van der Waals surface area contributed by atoms with Crippen LogP contribution in [0.3, 0.4) is 0 Å². The molecule has 0 spiro atoms. The lowest BCUT2D eigenvalue weighted by molar-refractivity contribution is 0.704. The second-order valence-electron chi connectivity index (χ2n) is 2.60. The minimum absolute atomic E-state index is 0.497. The Bertz CT molecular complexity index is 288. The smallest absolute Gasteiger partial charge is 0.0521 e. The molecule has 1 heterocycles. The molecule has 0 aliphatic heterocycles. The summed E-state index contributed by atoms with van der Waals surface area (Å²) in [5, 5.41) is 7.55. The van der Waals surface area contributed by atoms with Crippen LogP contribution in [0.25, 0.3) is 10.4 Å². The van der Waals surface area contributed by atoms with Crippen LogP contribution in [0.2, 0.25) is 0 Å². The van der Waals surface area contributed by atoms with Crippen LogP contribution in [-0.2, 0) is 13.5 Å². The minimum atomic E-state index is 0.497. The maximum atomic E-state index is 8.07. The molecule has 0 unspecified atom stereocenters. The maximum Gasteiger partial charge on any atom is 0.0521 e. The standard InChI is InChI=1S/C7H11N5/c1-6-5-10-12(2)7(6)3-4-9-11-8/h5H,3-4H2,1-2H3. The summed E-state index contributed by atoms with van der Waals surface area (Å²) in [5.74, 6) is 0. The number of rotatable bonds is 3. The van der Waals surface area contributed by atoms with Crippen molar-refractivity contribution < 1.29 is 0 Å². The van der Waals surface area contributed by atoms with Crippen molar-refractivity contribution >= 4 is 0 Å². The molecule has 1 rings (SSSR count). The Labute approximate surface area is 70.6 Å². The van der Waals surface area contributed by atoms with E-state index in [4.69, 9.17) is 5.53 Å². The van der Waals surface area contributed by atoms with E-state index in [2.05, 4.69) is 15.1 Å². The Balaban J connectivity index is 2.67. The number of hydrogen-bond donors (Lipinski definition) is 0. The summed E-state index contributed by atoms with van der Waals surface area (Å²) in [6.45, 7) is 2.50. The zero-order valence-electron chi connectivity index (χ0n) is 7.23. The fourth-order valence-electron chi connectivity index (χ4n) is 1.13. The van der Waals surface area contributed by atoms with Crippen molar-refractivity contribution in [3.8, 4) is 0 Å². The van der Waals surface area contributed by atoms with Gasteiger partial charge in [-0.1, -0.05) is 5.11 Å². The van der Waals surface area contributed by atoms with E-state index in [0.29, 0.717) is 6.54 Å². The van der Waals surface area contributed by atoms with Crippen LogP contribution in [0.1, 0.15) is 11.3 Å². The molecule has 0 atom stereocenters. The monoisotopic (exact) mass is 165 g/mol. The van der Waals surface area contributed by atoms with Gasteiger partial charge in [-0.2, -0.15) is 5.10 Å². The highest BCUT2D eigenvalue weighted by Gasteiger charge is 2.01. The highest BCUT2D eigenvalue weighted by molar-refractivity contribution is 5.15. The van der Waals surface area contributed by atoms with Gasteiger partial charge in [0.1, 0.15) is 0 Å². The lowest BCUT2D eigenvalue weighted by atomic mass is 10.2. The third-order valence-corrected chi connectivity index (χ3v) is 1.78. The van der Waals surface area contributed by atoms with Gasteiger partial charge in [0.05, 0.1) is 6.20 Å². The quantitative estimate of drug-likeness (QED) is 0.381. The van der Waals surface area contributed by atoms with E-state index in [9.17, 15) is 0 Å². The van der Waals surface area contributed by atoms with Crippen LogP contribution in [0, 0.1) is 6.92 Å². The second kappa shape index (κ2) is 3.78. The van der Waals surface area contributed by atoms with Gasteiger partial charge in [0.2, 0.25) is 0 Å². The summed E-state index contributed by atoms with van der Waals surface area (Å²) < 4.78 is 1.81. The molecule has 0 amide bonds. The summed E-state index contributed by atoms with van der Waals surface area (Å²) in [7, 11) is 1.89. The van der Waals surface area contributed by atoms with E-state index >= 15 is 0 Å². The van der Waals surface area contributed by atoms with Gasteiger partial charge in [0, 0.05) is 24.2 Å². The summed E-state index contributed by atoms with van der Waals surface area (Å²) >= 11 is 0. The molecule has 0 fully saturated rings. The predicted octanol–water partition coefficient (Wildman–Crippen LogP) is 1.58. The highest BCUT2D eigenvalue weighted by Crippen LogP contribution is 2.05. The molecule has 0 radical (unpaired) electrons. The molecule has 1 aromatic heterocycles. The topological polar surface area (TPSA) is 66.6 Å². The highest BCUT2D eigenvalue weighted by atomic mass is 15.3. The van der Waals surface area contributed by atoms with Gasteiger partial charge in [-0.15, -0.1) is 0 Å². The van der Waals surface area contributed by atoms with Gasteiger partial charge < -0.3 is 0 Å². The lowest BCUT2D eigenvalue weighted by Gasteiger charge is -1.99. The zero-order valence-corrected chi connectivity index (χ0v) is 7.23. The van der Waals surface area contributed by atoms with Gasteiger partial charge in [0.25, 0.3) is 0 Å². The maximum absolute atomic E-state index is 8.07. The van der Waals surface area contributed by atoms with Crippen LogP contribution in [0.15, 0.2) is 11.3 Å². The van der Waals surface area contributed by atoms with Gasteiger partial charge in [-0.25, -0.2) is 0 Å². The molecule has 64 valence electrons. The fraction of sp³-hybridized carbons (Fsp3) is 0.571. The number of aryl methyl sites for hydroxylation is 2. The molecule has 0 aliphatic rings. The first-order valence-electron chi connectivity index (χ1n) is 3.74. The molecule has 0 bridgehead atoms. The second-order valence-corrected chi connectivity index (χ2v) is 2.60. The van der Waals surface area contributed by atoms with Gasteiger partial charge in [-0.05, 0) is 24.4 Å². The van der Waals surface area contributed by atoms with Crippen molar-refractivity contribution in [2.24, 2.45) is 12.2 Å². The Morgan fingerprint density at radius 2 is 2.50 bits per heavy atom. The van der Waals surface area contributed by atoms with Gasteiger partial charge >= 0.3 is 0 Å². The number of nitrogens with zero attached hydrogens (tertiary/aromatic N) is 5. The molecule has 12 heavy (non-hydrogen) atoms. The molecule has 5 nitrogen and oxygen atoms in total. The fourth-order valence-corrected chi connectivity index (χ4v) is 1.13. The van der Waals surface area contributed by atoms with Crippen LogP contribution in [-0.4, -0.2) is 16.3 Å². The van der Waals surface area contributed by atoms with Gasteiger partial charge in [0.15, 0.2) is 0 Å². The van der Waals surface area contributed by atoms with E-state index < -0.39 is 0 Å². The van der Waals surface area contributed by atoms with Crippen molar-refractivity contribution in [3.63, 3.8) is 0 Å². The predicted molar refractivity (Wildman–Crippen MR) is 45.7 cm³/mol. The van der Waals surface area contributed by atoms with Crippen LogP contribution >= 0.6 is 0 Å². The van der Waals surface area contributed by atoms with E-state index in [1.54, 1.807) is 0 Å². The Kier molecular flexibility index (Phi) is 2.71. The molecule has 5 heteroatoms. The third kappa shape index (κ3) is 1.77. The van der Waals surface area contributed by atoms with E-state index in [-0.39, 0.29) is 0 Å². The molecular formula is C7H11N5. The largest absolute Gasteiger partial charge is 0.272 e. The van der Waals surface area contributed by atoms with Crippen molar-refractivity contribution in [3.05, 3.63) is 27.9 Å². The Morgan fingerprint density at radius 3 is 3.00 bits per heavy atom. The van der Waals surface area contributed by atoms with Crippen LogP contribution < -0.4 is 0 Å². The molecule has 1 aromatic rings. The summed E-state index contributed by atoms with van der Waals surface area (Å²) in [6.07, 6.45) is 2.57. The Morgan fingerprint density at radius 1 is 1.75 bits per heavy atom. The Hall–Kier alpha value is -1.48. The number of hydrogen-bond acceptors (Lipinski definition) is 2. The van der Waals surface area contributed by atoms with Crippen LogP contribution in [0.5, 0.6) is 0 Å². The van der Waals surface area contributed by atoms with E-state index in [1.807, 2.05) is 24.9 Å². The van der Waals surface area contributed by atoms with Gasteiger partial charge in [-0.3, -0.25) is 4.68 Å². The molecule has 0 N–H and O–H groups in total. The molecule has 0 aliphatic carbocycles. The SMILES string of the molecule is Cc1cnn(C)c1CCN=[N+]=[N-]. The molecule has 0 saturated carbocycles. The van der Waals surface area contributed by atoms with Crippen LogP contribution in [0.4, 0.5) is 0 Å². The van der Waals surface area contributed by atoms with E-state index in [1.165, 1.54) is 0 Å². The molecule has 0 saturated heterocycles. The summed E-state index contributed by atoms with van der Waals surface area (Å²) in [6, 6.07) is 0. The zero-order chi connectivity index (χ0) is 8.97. The first kappa shape index (κ1) is 8.62. The normalized spacial score (nSPS) is 9.50. The van der Waals surface area contributed by atoms with E-state index in [0.717, 1.165) is 17.7 Å². The first-order valence-corrected chi connectivity index (χ1v) is 3.74. The lowest BCUT2D eigenvalue weighted by Crippen LogP contribution is -2.00. The molecule has 0 aromatic carbocycles. The summed E-state index contributed by atoms with van der Waals surface area (Å²) in [5.41, 5.74) is 10.3. The van der Waals surface area contributed by atoms with Crippen molar-refractivity contribution in [1.82, 2.24) is 9.78 Å². The van der Waals surface area contributed by atoms with Crippen molar-refractivity contribution in [1.29, 1.82) is 0 Å². The number of azide groups is 1.